The third kappa shape index (κ3) is 22.6. The van der Waals surface area contributed by atoms with Gasteiger partial charge < -0.3 is 48.5 Å². The van der Waals surface area contributed by atoms with Crippen LogP contribution in [0.2, 0.25) is 5.02 Å². The summed E-state index contributed by atoms with van der Waals surface area (Å²) in [6, 6.07) is 12.6. The van der Waals surface area contributed by atoms with E-state index in [4.69, 9.17) is 49.5 Å². The largest absolute Gasteiger partial charge is 0.495 e. The number of halogens is 1. The van der Waals surface area contributed by atoms with E-state index in [0.717, 1.165) is 24.2 Å². The Labute approximate surface area is 426 Å². The number of rotatable bonds is 28. The van der Waals surface area contributed by atoms with Crippen molar-refractivity contribution in [2.75, 3.05) is 86.7 Å². The zero-order valence-corrected chi connectivity index (χ0v) is 44.2. The van der Waals surface area contributed by atoms with Gasteiger partial charge in [-0.1, -0.05) is 95.3 Å². The standard InChI is InChI=1S/C54H80ClN3O13/c1-11-23-69-50(60)21-24-65-26-28-67-30-31-68-29-27-66-25-22-58(9)35-41-15-18-43(19-16-41)39(5)38(4)40(6)46-13-12-14-49(59)57-45(34-42-17-20-47(64-10)44(55)33-42)51(61)56-36-54(7,8)53(63)71-48(32-37(2)3)52(62)70-46/h11-12,14-20,33,37-40,45-46,48H,1,13,21-32,34-36H2,2-10H3,(H,56,61)(H,57,59)/b14-12+/t38?,39?,40-,45-,46+,48+/m1/s1. The molecule has 6 atom stereocenters. The predicted octanol–water partition coefficient (Wildman–Crippen LogP) is 7.04. The van der Waals surface area contributed by atoms with E-state index in [2.05, 4.69) is 60.2 Å². The number of carbonyl (C=O) groups excluding carboxylic acids is 5. The molecule has 0 aromatic heterocycles. The summed E-state index contributed by atoms with van der Waals surface area (Å²) < 4.78 is 44.6. The highest BCUT2D eigenvalue weighted by atomic mass is 35.5. The van der Waals surface area contributed by atoms with E-state index < -0.39 is 47.4 Å². The van der Waals surface area contributed by atoms with Crippen molar-refractivity contribution in [2.24, 2.45) is 23.2 Å². The Morgan fingerprint density at radius 1 is 0.887 bits per heavy atom. The molecule has 2 N–H and O–H groups in total. The van der Waals surface area contributed by atoms with Crippen LogP contribution in [0.3, 0.4) is 0 Å². The zero-order valence-electron chi connectivity index (χ0n) is 43.5. The Morgan fingerprint density at radius 3 is 2.11 bits per heavy atom. The summed E-state index contributed by atoms with van der Waals surface area (Å²) in [5, 5.41) is 5.97. The molecule has 2 unspecified atom stereocenters. The van der Waals surface area contributed by atoms with Gasteiger partial charge in [0.1, 0.15) is 24.5 Å². The minimum atomic E-state index is -1.23. The maximum atomic E-state index is 14.0. The Balaban J connectivity index is 1.58. The van der Waals surface area contributed by atoms with Crippen molar-refractivity contribution in [3.63, 3.8) is 0 Å². The van der Waals surface area contributed by atoms with E-state index in [1.165, 1.54) is 19.3 Å². The lowest BCUT2D eigenvalue weighted by molar-refractivity contribution is -0.179. The van der Waals surface area contributed by atoms with Crippen LogP contribution >= 0.6 is 11.6 Å². The molecule has 16 nitrogen and oxygen atoms in total. The first-order valence-corrected chi connectivity index (χ1v) is 25.1. The van der Waals surface area contributed by atoms with E-state index in [-0.39, 0.29) is 75.1 Å². The normalized spacial score (nSPS) is 19.7. The number of hydrogen-bond acceptors (Lipinski definition) is 14. The van der Waals surface area contributed by atoms with Crippen LogP contribution < -0.4 is 15.4 Å². The van der Waals surface area contributed by atoms with Crippen molar-refractivity contribution in [2.45, 2.75) is 105 Å². The fourth-order valence-corrected chi connectivity index (χ4v) is 7.88. The van der Waals surface area contributed by atoms with Crippen LogP contribution in [0.4, 0.5) is 0 Å². The zero-order chi connectivity index (χ0) is 52.3. The number of carbonyl (C=O) groups is 5. The van der Waals surface area contributed by atoms with Crippen molar-refractivity contribution in [1.82, 2.24) is 15.5 Å². The summed E-state index contributed by atoms with van der Waals surface area (Å²) in [6.07, 6.45) is 3.43. The number of benzene rings is 2. The fourth-order valence-electron chi connectivity index (χ4n) is 7.60. The maximum absolute atomic E-state index is 14.0. The van der Waals surface area contributed by atoms with Gasteiger partial charge in [0.05, 0.1) is 76.8 Å². The second-order valence-corrected chi connectivity index (χ2v) is 19.5. The highest BCUT2D eigenvalue weighted by Crippen LogP contribution is 2.34. The lowest BCUT2D eigenvalue weighted by Gasteiger charge is -2.33. The summed E-state index contributed by atoms with van der Waals surface area (Å²) in [4.78, 5) is 68.4. The minimum Gasteiger partial charge on any atom is -0.495 e. The van der Waals surface area contributed by atoms with E-state index in [0.29, 0.717) is 62.6 Å². The van der Waals surface area contributed by atoms with Crippen LogP contribution in [-0.4, -0.2) is 140 Å². The van der Waals surface area contributed by atoms with Crippen molar-refractivity contribution in [3.8, 4) is 5.75 Å². The topological polar surface area (TPSA) is 186 Å². The molecule has 3 rings (SSSR count). The molecule has 0 saturated heterocycles. The number of esters is 3. The summed E-state index contributed by atoms with van der Waals surface area (Å²) in [7, 11) is 3.56. The molecule has 1 aliphatic rings. The lowest BCUT2D eigenvalue weighted by atomic mass is 9.77. The van der Waals surface area contributed by atoms with Crippen LogP contribution in [0, 0.1) is 23.2 Å². The number of cyclic esters (lactones) is 2. The monoisotopic (exact) mass is 1010 g/mol. The first-order valence-electron chi connectivity index (χ1n) is 24.7. The quantitative estimate of drug-likeness (QED) is 0.0383. The number of likely N-dealkylation sites (N-methyl/N-ethyl adjacent to an activating group) is 1. The molecule has 396 valence electrons. The van der Waals surface area contributed by atoms with E-state index in [1.807, 2.05) is 27.8 Å². The molecular formula is C54H80ClN3O13. The molecular weight excluding hydrogens is 934 g/mol. The lowest BCUT2D eigenvalue weighted by Crippen LogP contribution is -2.51. The van der Waals surface area contributed by atoms with Gasteiger partial charge in [-0.2, -0.15) is 0 Å². The van der Waals surface area contributed by atoms with Crippen molar-refractivity contribution in [3.05, 3.63) is 89.0 Å². The van der Waals surface area contributed by atoms with E-state index in [1.54, 1.807) is 38.1 Å². The van der Waals surface area contributed by atoms with Gasteiger partial charge in [-0.15, -0.1) is 0 Å². The van der Waals surface area contributed by atoms with Crippen LogP contribution in [0.1, 0.15) is 90.3 Å². The molecule has 0 radical (unpaired) electrons. The van der Waals surface area contributed by atoms with Crippen LogP contribution in [0.25, 0.3) is 0 Å². The van der Waals surface area contributed by atoms with E-state index in [9.17, 15) is 24.0 Å². The number of amides is 2. The fraction of sp³-hybridized carbons (Fsp3) is 0.611. The minimum absolute atomic E-state index is 0.00251. The molecule has 0 spiro atoms. The van der Waals surface area contributed by atoms with Gasteiger partial charge in [0, 0.05) is 32.5 Å². The Morgan fingerprint density at radius 2 is 1.51 bits per heavy atom. The van der Waals surface area contributed by atoms with Gasteiger partial charge in [0.25, 0.3) is 0 Å². The summed E-state index contributed by atoms with van der Waals surface area (Å²) in [5.41, 5.74) is 1.74. The van der Waals surface area contributed by atoms with Gasteiger partial charge in [0.2, 0.25) is 11.8 Å². The summed E-state index contributed by atoms with van der Waals surface area (Å²) >= 11 is 6.39. The summed E-state index contributed by atoms with van der Waals surface area (Å²) in [6.45, 7) is 21.9. The van der Waals surface area contributed by atoms with Gasteiger partial charge >= 0.3 is 17.9 Å². The van der Waals surface area contributed by atoms with Crippen LogP contribution in [0.15, 0.2) is 67.3 Å². The molecule has 2 aromatic rings. The number of nitrogens with one attached hydrogen (secondary N) is 2. The first kappa shape index (κ1) is 60.5. The first-order chi connectivity index (χ1) is 33.8. The molecule has 1 heterocycles. The highest BCUT2D eigenvalue weighted by molar-refractivity contribution is 6.32. The second kappa shape index (κ2) is 32.3. The SMILES string of the molecule is C=CCOC(=O)CCOCCOCCOCCOCCN(C)Cc1ccc(C(C)C(C)[C@@H](C)[C@@H]2C/C=C/C(=O)N[C@H](Cc3ccc(OC)c(Cl)c3)C(=O)NCC(C)(C)C(=O)O[C@@H](CC(C)C)C(=O)O2)cc1. The molecule has 2 amide bonds. The number of nitrogens with zero attached hydrogens (tertiary/aromatic N) is 1. The molecule has 0 fully saturated rings. The average Bonchev–Trinajstić information content (AvgIpc) is 3.33. The van der Waals surface area contributed by atoms with Crippen LogP contribution in [0.5, 0.6) is 5.75 Å². The molecule has 17 heteroatoms. The molecule has 71 heavy (non-hydrogen) atoms. The second-order valence-electron chi connectivity index (χ2n) is 19.1. The Hall–Kier alpha value is -4.84. The molecule has 0 aliphatic carbocycles. The Kier molecular flexibility index (Phi) is 27.5. The molecule has 0 saturated carbocycles. The van der Waals surface area contributed by atoms with Gasteiger partial charge in [-0.25, -0.2) is 4.79 Å². The number of hydrogen-bond donors (Lipinski definition) is 2. The summed E-state index contributed by atoms with van der Waals surface area (Å²) in [5.74, 6) is -2.30. The third-order valence-electron chi connectivity index (χ3n) is 12.4. The Bertz CT molecular complexity index is 1990. The van der Waals surface area contributed by atoms with E-state index >= 15 is 0 Å². The molecule has 0 bridgehead atoms. The molecule has 2 aromatic carbocycles. The highest BCUT2D eigenvalue weighted by Gasteiger charge is 2.38. The smallest absolute Gasteiger partial charge is 0.347 e. The van der Waals surface area contributed by atoms with Crippen molar-refractivity contribution < 1.29 is 61.9 Å². The third-order valence-corrected chi connectivity index (χ3v) is 12.7. The van der Waals surface area contributed by atoms with Crippen LogP contribution in [-0.2, 0) is 70.1 Å². The number of ether oxygens (including phenoxy) is 8. The molecule has 1 aliphatic heterocycles. The van der Waals surface area contributed by atoms with Crippen molar-refractivity contribution >= 4 is 41.3 Å². The van der Waals surface area contributed by atoms with Crippen molar-refractivity contribution in [1.29, 1.82) is 0 Å². The average molecular weight is 1010 g/mol. The predicted molar refractivity (Wildman–Crippen MR) is 272 cm³/mol. The van der Waals surface area contributed by atoms with Gasteiger partial charge in [0.15, 0.2) is 6.10 Å². The number of methoxy groups -OCH3 is 1. The maximum Gasteiger partial charge on any atom is 0.347 e. The van der Waals surface area contributed by atoms with Gasteiger partial charge in [-0.3, -0.25) is 24.1 Å². The van der Waals surface area contributed by atoms with Gasteiger partial charge in [-0.05, 0) is 85.9 Å².